The third-order valence-electron chi connectivity index (χ3n) is 3.58. The maximum atomic E-state index is 11.4. The molecule has 0 bridgehead atoms. The van der Waals surface area contributed by atoms with Gasteiger partial charge >= 0.3 is 11.9 Å². The highest BCUT2D eigenvalue weighted by Crippen LogP contribution is 2.30. The molecule has 0 fully saturated rings. The Labute approximate surface area is 144 Å². The standard InChI is InChI=1S/C20H28O4/c1-13(2)17(19(23-14(3)21)24-15(4)22)12-16-10-8-9-11-18(16)20(5,6)7/h8-13,19H,1-7H3. The largest absolute Gasteiger partial charge is 0.421 e. The molecule has 4 heteroatoms. The number of ether oxygens (including phenoxy) is 2. The highest BCUT2D eigenvalue weighted by Gasteiger charge is 2.25. The summed E-state index contributed by atoms with van der Waals surface area (Å²) in [5.74, 6) is -0.935. The lowest BCUT2D eigenvalue weighted by Gasteiger charge is -2.25. The molecule has 1 aromatic rings. The maximum absolute atomic E-state index is 11.4. The molecule has 0 heterocycles. The molecule has 1 aromatic carbocycles. The Morgan fingerprint density at radius 1 is 1.00 bits per heavy atom. The molecule has 132 valence electrons. The van der Waals surface area contributed by atoms with E-state index in [-0.39, 0.29) is 11.3 Å². The highest BCUT2D eigenvalue weighted by atomic mass is 16.7. The van der Waals surface area contributed by atoms with Gasteiger partial charge in [-0.15, -0.1) is 0 Å². The van der Waals surface area contributed by atoms with E-state index in [1.54, 1.807) is 0 Å². The van der Waals surface area contributed by atoms with Gasteiger partial charge < -0.3 is 9.47 Å². The van der Waals surface area contributed by atoms with Crippen LogP contribution in [0, 0.1) is 5.92 Å². The number of rotatable bonds is 5. The van der Waals surface area contributed by atoms with E-state index < -0.39 is 18.2 Å². The molecule has 0 atom stereocenters. The summed E-state index contributed by atoms with van der Waals surface area (Å²) < 4.78 is 10.5. The van der Waals surface area contributed by atoms with Crippen molar-refractivity contribution < 1.29 is 19.1 Å². The first-order chi connectivity index (χ1) is 11.0. The molecular weight excluding hydrogens is 304 g/mol. The van der Waals surface area contributed by atoms with Crippen LogP contribution in [0.5, 0.6) is 0 Å². The number of carbonyl (C=O) groups excluding carboxylic acids is 2. The first-order valence-electron chi connectivity index (χ1n) is 8.17. The lowest BCUT2D eigenvalue weighted by molar-refractivity contribution is -0.178. The van der Waals surface area contributed by atoms with Gasteiger partial charge in [0, 0.05) is 19.4 Å². The van der Waals surface area contributed by atoms with E-state index in [2.05, 4.69) is 26.8 Å². The second-order valence-corrected chi connectivity index (χ2v) is 7.19. The fourth-order valence-corrected chi connectivity index (χ4v) is 2.45. The predicted molar refractivity (Wildman–Crippen MR) is 95.3 cm³/mol. The maximum Gasteiger partial charge on any atom is 0.305 e. The Morgan fingerprint density at radius 3 is 1.92 bits per heavy atom. The van der Waals surface area contributed by atoms with Crippen molar-refractivity contribution in [1.29, 1.82) is 0 Å². The van der Waals surface area contributed by atoms with E-state index in [0.717, 1.165) is 11.1 Å². The topological polar surface area (TPSA) is 52.6 Å². The predicted octanol–water partition coefficient (Wildman–Crippen LogP) is 4.48. The van der Waals surface area contributed by atoms with Crippen LogP contribution in [0.15, 0.2) is 29.8 Å². The number of hydrogen-bond donors (Lipinski definition) is 0. The molecule has 0 aromatic heterocycles. The van der Waals surface area contributed by atoms with E-state index in [1.807, 2.05) is 38.1 Å². The van der Waals surface area contributed by atoms with Crippen LogP contribution < -0.4 is 0 Å². The molecule has 0 unspecified atom stereocenters. The van der Waals surface area contributed by atoms with Gasteiger partial charge in [-0.05, 0) is 28.5 Å². The van der Waals surface area contributed by atoms with Gasteiger partial charge in [-0.3, -0.25) is 9.59 Å². The van der Waals surface area contributed by atoms with Crippen LogP contribution in [0.2, 0.25) is 0 Å². The van der Waals surface area contributed by atoms with Crippen molar-refractivity contribution in [3.8, 4) is 0 Å². The van der Waals surface area contributed by atoms with E-state index in [9.17, 15) is 9.59 Å². The first kappa shape index (κ1) is 19.9. The zero-order valence-electron chi connectivity index (χ0n) is 15.7. The Hall–Kier alpha value is -2.10. The summed E-state index contributed by atoms with van der Waals surface area (Å²) >= 11 is 0. The Bertz CT molecular complexity index is 605. The molecule has 4 nitrogen and oxygen atoms in total. The smallest absolute Gasteiger partial charge is 0.305 e. The number of benzene rings is 1. The fourth-order valence-electron chi connectivity index (χ4n) is 2.45. The van der Waals surface area contributed by atoms with Crippen molar-refractivity contribution in [3.05, 3.63) is 41.0 Å². The zero-order chi connectivity index (χ0) is 18.5. The molecule has 0 radical (unpaired) electrons. The van der Waals surface area contributed by atoms with Crippen molar-refractivity contribution in [2.45, 2.75) is 60.2 Å². The normalized spacial score (nSPS) is 12.5. The van der Waals surface area contributed by atoms with Crippen LogP contribution in [0.4, 0.5) is 0 Å². The van der Waals surface area contributed by atoms with Gasteiger partial charge in [0.1, 0.15) is 0 Å². The molecule has 0 amide bonds. The summed E-state index contributed by atoms with van der Waals surface area (Å²) in [6, 6.07) is 8.06. The number of carbonyl (C=O) groups is 2. The van der Waals surface area contributed by atoms with Crippen molar-refractivity contribution in [1.82, 2.24) is 0 Å². The number of hydrogen-bond acceptors (Lipinski definition) is 4. The van der Waals surface area contributed by atoms with E-state index in [0.29, 0.717) is 0 Å². The summed E-state index contributed by atoms with van der Waals surface area (Å²) in [5, 5.41) is 0. The first-order valence-corrected chi connectivity index (χ1v) is 8.17. The molecule has 0 aliphatic rings. The van der Waals surface area contributed by atoms with Gasteiger partial charge in [0.05, 0.1) is 0 Å². The van der Waals surface area contributed by atoms with Crippen molar-refractivity contribution in [3.63, 3.8) is 0 Å². The molecule has 0 spiro atoms. The van der Waals surface area contributed by atoms with Crippen LogP contribution in [0.25, 0.3) is 6.08 Å². The third kappa shape index (κ3) is 5.84. The molecule has 1 rings (SSSR count). The molecule has 0 aliphatic carbocycles. The molecular formula is C20H28O4. The highest BCUT2D eigenvalue weighted by molar-refractivity contribution is 5.70. The summed E-state index contributed by atoms with van der Waals surface area (Å²) in [5.41, 5.74) is 2.91. The van der Waals surface area contributed by atoms with E-state index in [4.69, 9.17) is 9.47 Å². The van der Waals surface area contributed by atoms with E-state index in [1.165, 1.54) is 19.4 Å². The fraction of sp³-hybridized carbons (Fsp3) is 0.500. The second-order valence-electron chi connectivity index (χ2n) is 7.19. The Morgan fingerprint density at radius 2 is 1.50 bits per heavy atom. The van der Waals surface area contributed by atoms with Crippen molar-refractivity contribution in [2.24, 2.45) is 5.92 Å². The average Bonchev–Trinajstić information content (AvgIpc) is 2.42. The summed E-state index contributed by atoms with van der Waals surface area (Å²) in [6.45, 7) is 13.0. The van der Waals surface area contributed by atoms with Gasteiger partial charge in [0.2, 0.25) is 0 Å². The lowest BCUT2D eigenvalue weighted by Crippen LogP contribution is -2.27. The molecule has 0 saturated carbocycles. The SMILES string of the molecule is CC(=O)OC(OC(C)=O)C(=Cc1ccccc1C(C)(C)C)C(C)C. The van der Waals surface area contributed by atoms with Crippen LogP contribution >= 0.6 is 0 Å². The summed E-state index contributed by atoms with van der Waals surface area (Å²) in [4.78, 5) is 22.8. The quantitative estimate of drug-likeness (QED) is 0.589. The Kier molecular flexibility index (Phi) is 6.76. The van der Waals surface area contributed by atoms with Gasteiger partial charge in [0.15, 0.2) is 0 Å². The molecule has 0 N–H and O–H groups in total. The average molecular weight is 332 g/mol. The lowest BCUT2D eigenvalue weighted by atomic mass is 9.83. The van der Waals surface area contributed by atoms with Crippen molar-refractivity contribution in [2.75, 3.05) is 0 Å². The van der Waals surface area contributed by atoms with Crippen LogP contribution in [-0.2, 0) is 24.5 Å². The number of esters is 2. The zero-order valence-corrected chi connectivity index (χ0v) is 15.7. The summed E-state index contributed by atoms with van der Waals surface area (Å²) in [6.07, 6.45) is 0.954. The third-order valence-corrected chi connectivity index (χ3v) is 3.58. The second kappa shape index (κ2) is 8.13. The Balaban J connectivity index is 3.40. The summed E-state index contributed by atoms with van der Waals surface area (Å²) in [7, 11) is 0. The van der Waals surface area contributed by atoms with Gasteiger partial charge in [-0.2, -0.15) is 0 Å². The molecule has 0 saturated heterocycles. The van der Waals surface area contributed by atoms with Gasteiger partial charge in [-0.1, -0.05) is 58.9 Å². The van der Waals surface area contributed by atoms with Crippen LogP contribution in [-0.4, -0.2) is 18.2 Å². The molecule has 0 aliphatic heterocycles. The van der Waals surface area contributed by atoms with Crippen molar-refractivity contribution >= 4 is 18.0 Å². The van der Waals surface area contributed by atoms with Crippen LogP contribution in [0.3, 0.4) is 0 Å². The van der Waals surface area contributed by atoms with Crippen LogP contribution in [0.1, 0.15) is 59.6 Å². The van der Waals surface area contributed by atoms with Gasteiger partial charge in [-0.25, -0.2) is 0 Å². The monoisotopic (exact) mass is 332 g/mol. The molecule has 24 heavy (non-hydrogen) atoms. The minimum atomic E-state index is -1.01. The van der Waals surface area contributed by atoms with Gasteiger partial charge in [0.25, 0.3) is 6.29 Å². The van der Waals surface area contributed by atoms with E-state index >= 15 is 0 Å². The minimum absolute atomic E-state index is 0.0342. The minimum Gasteiger partial charge on any atom is -0.421 e.